The first kappa shape index (κ1) is 24.7. The topological polar surface area (TPSA) is 135 Å². The van der Waals surface area contributed by atoms with Gasteiger partial charge in [-0.3, -0.25) is 9.59 Å². The molecular weight excluding hydrogens is 524 g/mol. The third kappa shape index (κ3) is 4.35. The molecule has 188 valence electrons. The molecule has 5 rings (SSSR count). The van der Waals surface area contributed by atoms with Crippen molar-refractivity contribution in [2.24, 2.45) is 7.05 Å². The standard InChI is InChI=1S/C20H22N10O3S3/c1-25(2)35-29-8-6-12(23-29)11-28-20(32)15-13(10-21-28)17-18(27(15)5)22-19(34-17)16(31)14-7-9-30(24-14)36(33)26(3)4/h6-10H,11H2,1-5H3. The zero-order chi connectivity index (χ0) is 25.7. The Morgan fingerprint density at radius 2 is 1.97 bits per heavy atom. The molecule has 1 unspecified atom stereocenters. The molecule has 5 aromatic rings. The van der Waals surface area contributed by atoms with E-state index in [2.05, 4.69) is 20.3 Å². The van der Waals surface area contributed by atoms with Gasteiger partial charge in [0.15, 0.2) is 22.2 Å². The van der Waals surface area contributed by atoms with Gasteiger partial charge in [-0.05, 0) is 26.2 Å². The second-order valence-electron chi connectivity index (χ2n) is 8.18. The van der Waals surface area contributed by atoms with Crippen molar-refractivity contribution in [2.75, 3.05) is 28.2 Å². The Kier molecular flexibility index (Phi) is 6.48. The van der Waals surface area contributed by atoms with Crippen molar-refractivity contribution in [3.05, 3.63) is 57.5 Å². The van der Waals surface area contributed by atoms with Gasteiger partial charge in [0.25, 0.3) is 5.56 Å². The molecule has 0 saturated heterocycles. The Bertz CT molecular complexity index is 1640. The molecule has 36 heavy (non-hydrogen) atoms. The second kappa shape index (κ2) is 9.45. The van der Waals surface area contributed by atoms with Crippen LogP contribution in [0.2, 0.25) is 0 Å². The van der Waals surface area contributed by atoms with Crippen molar-refractivity contribution in [1.82, 2.24) is 46.3 Å². The van der Waals surface area contributed by atoms with E-state index in [-0.39, 0.29) is 28.6 Å². The third-order valence-electron chi connectivity index (χ3n) is 5.17. The number of aromatic nitrogens is 8. The van der Waals surface area contributed by atoms with Gasteiger partial charge in [-0.2, -0.15) is 14.3 Å². The summed E-state index contributed by atoms with van der Waals surface area (Å²) in [6.45, 7) is 0.225. The molecule has 0 amide bonds. The molecule has 16 heteroatoms. The summed E-state index contributed by atoms with van der Waals surface area (Å²) in [6, 6.07) is 3.35. The molecule has 1 atom stereocenters. The largest absolute Gasteiger partial charge is 0.572 e. The molecule has 0 radical (unpaired) electrons. The normalized spacial score (nSPS) is 13.0. The van der Waals surface area contributed by atoms with E-state index in [1.807, 2.05) is 30.7 Å². The predicted molar refractivity (Wildman–Crippen MR) is 139 cm³/mol. The molecule has 0 bridgehead atoms. The Labute approximate surface area is 216 Å². The SMILES string of the molecule is CN(C)Sn1ccc(Cn2ncc3c4sc(C(=O)c5ccn([S+]([O-])N(C)C)n5)nc4n(C)c3c2=O)n1. The van der Waals surface area contributed by atoms with E-state index >= 15 is 0 Å². The van der Waals surface area contributed by atoms with E-state index in [4.69, 9.17) is 0 Å². The number of carbonyl (C=O) groups excluding carboxylic acids is 1. The Morgan fingerprint density at radius 3 is 2.69 bits per heavy atom. The zero-order valence-electron chi connectivity index (χ0n) is 20.0. The van der Waals surface area contributed by atoms with E-state index in [1.54, 1.807) is 36.0 Å². The van der Waals surface area contributed by atoms with Gasteiger partial charge in [0.2, 0.25) is 5.78 Å². The van der Waals surface area contributed by atoms with Crippen LogP contribution in [0.4, 0.5) is 0 Å². The number of carbonyl (C=O) groups is 1. The maximum absolute atomic E-state index is 13.3. The van der Waals surface area contributed by atoms with Gasteiger partial charge in [-0.15, -0.1) is 20.7 Å². The molecule has 0 aliphatic carbocycles. The first-order valence-corrected chi connectivity index (χ1v) is 13.2. The van der Waals surface area contributed by atoms with Crippen LogP contribution in [0, 0.1) is 0 Å². The number of hydrogen-bond acceptors (Lipinski definition) is 11. The molecule has 0 aliphatic rings. The molecular formula is C20H22N10O3S3. The average Bonchev–Trinajstić information content (AvgIpc) is 3.60. The summed E-state index contributed by atoms with van der Waals surface area (Å²) in [6.07, 6.45) is 4.93. The Balaban J connectivity index is 1.46. The summed E-state index contributed by atoms with van der Waals surface area (Å²) in [4.78, 5) is 30.8. The first-order valence-electron chi connectivity index (χ1n) is 10.6. The Hall–Kier alpha value is -3.02. The highest BCUT2D eigenvalue weighted by atomic mass is 32.2. The fourth-order valence-electron chi connectivity index (χ4n) is 3.59. The van der Waals surface area contributed by atoms with Crippen LogP contribution in [-0.4, -0.2) is 84.8 Å². The predicted octanol–water partition coefficient (Wildman–Crippen LogP) is 0.978. The van der Waals surface area contributed by atoms with Crippen molar-refractivity contribution in [3.63, 3.8) is 0 Å². The fraction of sp³-hybridized carbons (Fsp3) is 0.300. The molecule has 0 aliphatic heterocycles. The van der Waals surface area contributed by atoms with E-state index in [1.165, 1.54) is 48.8 Å². The summed E-state index contributed by atoms with van der Waals surface area (Å²) >= 11 is 1.07. The number of fused-ring (bicyclic) bond motifs is 3. The quantitative estimate of drug-likeness (QED) is 0.157. The molecule has 13 nitrogen and oxygen atoms in total. The maximum Gasteiger partial charge on any atom is 0.291 e. The minimum atomic E-state index is -1.53. The highest BCUT2D eigenvalue weighted by Crippen LogP contribution is 2.31. The minimum absolute atomic E-state index is 0.140. The fourth-order valence-corrected chi connectivity index (χ4v) is 5.89. The smallest absolute Gasteiger partial charge is 0.291 e. The van der Waals surface area contributed by atoms with Crippen LogP contribution in [0.15, 0.2) is 35.5 Å². The highest BCUT2D eigenvalue weighted by molar-refractivity contribution is 7.95. The number of nitrogens with zero attached hydrogens (tertiary/aromatic N) is 10. The summed E-state index contributed by atoms with van der Waals surface area (Å²) in [7, 11) is 8.87. The van der Waals surface area contributed by atoms with E-state index < -0.39 is 11.5 Å². The van der Waals surface area contributed by atoms with Gasteiger partial charge in [-0.25, -0.2) is 14.0 Å². The number of rotatable bonds is 8. The van der Waals surface area contributed by atoms with Crippen molar-refractivity contribution in [2.45, 2.75) is 6.54 Å². The molecule has 5 aromatic heterocycles. The molecule has 5 heterocycles. The van der Waals surface area contributed by atoms with Crippen molar-refractivity contribution < 1.29 is 9.35 Å². The lowest BCUT2D eigenvalue weighted by Crippen LogP contribution is -2.29. The van der Waals surface area contributed by atoms with Gasteiger partial charge in [0.1, 0.15) is 11.2 Å². The van der Waals surface area contributed by atoms with E-state index in [0.29, 0.717) is 26.9 Å². The zero-order valence-corrected chi connectivity index (χ0v) is 22.5. The van der Waals surface area contributed by atoms with Crippen molar-refractivity contribution >= 4 is 62.1 Å². The van der Waals surface area contributed by atoms with E-state index in [0.717, 1.165) is 0 Å². The molecule has 0 saturated carbocycles. The first-order chi connectivity index (χ1) is 17.1. The highest BCUT2D eigenvalue weighted by Gasteiger charge is 2.24. The van der Waals surface area contributed by atoms with Crippen LogP contribution in [-0.2, 0) is 25.1 Å². The van der Waals surface area contributed by atoms with Crippen LogP contribution in [0.3, 0.4) is 0 Å². The van der Waals surface area contributed by atoms with Gasteiger partial charge in [0, 0.05) is 32.7 Å². The maximum atomic E-state index is 13.3. The van der Waals surface area contributed by atoms with Gasteiger partial charge >= 0.3 is 0 Å². The molecule has 0 N–H and O–H groups in total. The van der Waals surface area contributed by atoms with Crippen LogP contribution in [0.1, 0.15) is 21.2 Å². The van der Waals surface area contributed by atoms with Gasteiger partial charge in [-0.1, -0.05) is 4.09 Å². The van der Waals surface area contributed by atoms with Crippen molar-refractivity contribution in [1.29, 1.82) is 0 Å². The lowest BCUT2D eigenvalue weighted by Gasteiger charge is -2.12. The summed E-state index contributed by atoms with van der Waals surface area (Å²) < 4.78 is 22.2. The Morgan fingerprint density at radius 1 is 1.19 bits per heavy atom. The lowest BCUT2D eigenvalue weighted by molar-refractivity contribution is 0.103. The average molecular weight is 547 g/mol. The summed E-state index contributed by atoms with van der Waals surface area (Å²) in [5, 5.41) is 13.8. The van der Waals surface area contributed by atoms with Crippen LogP contribution in [0.5, 0.6) is 0 Å². The molecule has 0 spiro atoms. The second-order valence-corrected chi connectivity index (χ2v) is 12.0. The number of hydrogen-bond donors (Lipinski definition) is 0. The number of ketones is 1. The van der Waals surface area contributed by atoms with Crippen LogP contribution < -0.4 is 5.56 Å². The van der Waals surface area contributed by atoms with Crippen LogP contribution in [0.25, 0.3) is 21.3 Å². The lowest BCUT2D eigenvalue weighted by atomic mass is 10.3. The third-order valence-corrected chi connectivity index (χ3v) is 8.09. The van der Waals surface area contributed by atoms with E-state index in [9.17, 15) is 14.1 Å². The van der Waals surface area contributed by atoms with Crippen LogP contribution >= 0.6 is 23.5 Å². The summed E-state index contributed by atoms with van der Waals surface area (Å²) in [5.74, 6) is -0.383. The molecule has 0 fully saturated rings. The van der Waals surface area contributed by atoms with Gasteiger partial charge < -0.3 is 9.12 Å². The minimum Gasteiger partial charge on any atom is -0.572 e. The number of aryl methyl sites for hydroxylation is 1. The summed E-state index contributed by atoms with van der Waals surface area (Å²) in [5.41, 5.74) is 1.53. The molecule has 0 aromatic carbocycles. The van der Waals surface area contributed by atoms with Gasteiger partial charge in [0.05, 0.1) is 41.5 Å². The van der Waals surface area contributed by atoms with Crippen molar-refractivity contribution in [3.8, 4) is 0 Å². The monoisotopic (exact) mass is 546 g/mol. The number of thiazole rings is 1.